The third kappa shape index (κ3) is 5.27. The Morgan fingerprint density at radius 3 is 2.71 bits per heavy atom. The number of aliphatic carboxylic acids is 1. The topological polar surface area (TPSA) is 118 Å². The minimum atomic E-state index is -1.08. The van der Waals surface area contributed by atoms with Crippen molar-refractivity contribution in [2.45, 2.75) is 6.04 Å². The van der Waals surface area contributed by atoms with Crippen molar-refractivity contribution < 1.29 is 14.7 Å². The third-order valence-corrected chi connectivity index (χ3v) is 2.73. The van der Waals surface area contributed by atoms with E-state index in [1.54, 1.807) is 6.07 Å². The molecule has 8 heteroatoms. The fraction of sp³-hybridized carbons (Fsp3) is 0.333. The summed E-state index contributed by atoms with van der Waals surface area (Å²) in [6.45, 7) is 0. The maximum Gasteiger partial charge on any atom is 0.321 e. The van der Waals surface area contributed by atoms with Crippen LogP contribution in [-0.4, -0.2) is 44.5 Å². The number of carbonyl (C=O) groups is 2. The molecule has 0 aliphatic heterocycles. The van der Waals surface area contributed by atoms with Crippen LogP contribution in [0.25, 0.3) is 0 Å². The van der Waals surface area contributed by atoms with Crippen LogP contribution in [0.15, 0.2) is 18.5 Å². The van der Waals surface area contributed by atoms with Crippen LogP contribution in [0.2, 0.25) is 0 Å². The number of carboxylic acids is 1. The monoisotopic (exact) mass is 256 g/mol. The zero-order valence-electron chi connectivity index (χ0n) is 8.87. The Morgan fingerprint density at radius 2 is 2.12 bits per heavy atom. The molecule has 0 fully saturated rings. The van der Waals surface area contributed by atoms with Gasteiger partial charge in [-0.25, -0.2) is 9.97 Å². The lowest BCUT2D eigenvalue weighted by molar-refractivity contribution is -0.137. The SMILES string of the molecule is N[C@H](CSCC(=O)Nc1ncccn1)C(=O)O. The second kappa shape index (κ2) is 6.81. The molecule has 1 aromatic rings. The molecule has 0 saturated carbocycles. The van der Waals surface area contributed by atoms with Gasteiger partial charge in [-0.2, -0.15) is 0 Å². The van der Waals surface area contributed by atoms with E-state index in [9.17, 15) is 9.59 Å². The average Bonchev–Trinajstić information content (AvgIpc) is 2.30. The van der Waals surface area contributed by atoms with Gasteiger partial charge in [0.1, 0.15) is 6.04 Å². The van der Waals surface area contributed by atoms with Gasteiger partial charge in [-0.05, 0) is 6.07 Å². The summed E-state index contributed by atoms with van der Waals surface area (Å²) >= 11 is 1.14. The summed E-state index contributed by atoms with van der Waals surface area (Å²) < 4.78 is 0. The number of nitrogens with zero attached hydrogens (tertiary/aromatic N) is 2. The van der Waals surface area contributed by atoms with Crippen LogP contribution in [0, 0.1) is 0 Å². The fourth-order valence-corrected chi connectivity index (χ4v) is 1.65. The van der Waals surface area contributed by atoms with Crippen molar-refractivity contribution in [1.82, 2.24) is 9.97 Å². The van der Waals surface area contributed by atoms with Crippen molar-refractivity contribution in [1.29, 1.82) is 0 Å². The second-order valence-electron chi connectivity index (χ2n) is 3.08. The predicted octanol–water partition coefficient (Wildman–Crippen LogP) is -0.440. The van der Waals surface area contributed by atoms with Gasteiger partial charge in [-0.15, -0.1) is 11.8 Å². The van der Waals surface area contributed by atoms with Gasteiger partial charge in [0.05, 0.1) is 5.75 Å². The molecule has 0 bridgehead atoms. The maximum atomic E-state index is 11.4. The van der Waals surface area contributed by atoms with E-state index in [1.165, 1.54) is 12.4 Å². The molecule has 0 spiro atoms. The molecule has 1 rings (SSSR count). The molecule has 17 heavy (non-hydrogen) atoms. The lowest BCUT2D eigenvalue weighted by Crippen LogP contribution is -2.33. The lowest BCUT2D eigenvalue weighted by Gasteiger charge is -2.05. The summed E-state index contributed by atoms with van der Waals surface area (Å²) in [5.74, 6) is -0.860. The third-order valence-electron chi connectivity index (χ3n) is 1.66. The zero-order valence-corrected chi connectivity index (χ0v) is 9.68. The summed E-state index contributed by atoms with van der Waals surface area (Å²) in [7, 11) is 0. The number of aromatic nitrogens is 2. The molecular formula is C9H12N4O3S. The van der Waals surface area contributed by atoms with Crippen LogP contribution >= 0.6 is 11.8 Å². The highest BCUT2D eigenvalue weighted by Crippen LogP contribution is 2.03. The van der Waals surface area contributed by atoms with Crippen LogP contribution in [0.3, 0.4) is 0 Å². The highest BCUT2D eigenvalue weighted by Gasteiger charge is 2.12. The summed E-state index contributed by atoms with van der Waals surface area (Å²) in [4.78, 5) is 29.4. The molecule has 0 aliphatic carbocycles. The van der Waals surface area contributed by atoms with E-state index in [-0.39, 0.29) is 23.4 Å². The van der Waals surface area contributed by atoms with Gasteiger partial charge < -0.3 is 10.8 Å². The number of carboxylic acid groups (broad SMARTS) is 1. The van der Waals surface area contributed by atoms with E-state index >= 15 is 0 Å². The highest BCUT2D eigenvalue weighted by atomic mass is 32.2. The van der Waals surface area contributed by atoms with Crippen LogP contribution in [0.4, 0.5) is 5.95 Å². The molecule has 4 N–H and O–H groups in total. The van der Waals surface area contributed by atoms with Gasteiger partial charge in [0.15, 0.2) is 0 Å². The molecular weight excluding hydrogens is 244 g/mol. The van der Waals surface area contributed by atoms with E-state index in [1.807, 2.05) is 0 Å². The van der Waals surface area contributed by atoms with E-state index in [2.05, 4.69) is 15.3 Å². The maximum absolute atomic E-state index is 11.4. The molecule has 7 nitrogen and oxygen atoms in total. The number of carbonyl (C=O) groups excluding carboxylic acids is 1. The molecule has 92 valence electrons. The van der Waals surface area contributed by atoms with Crippen LogP contribution in [0.5, 0.6) is 0 Å². The number of nitrogens with one attached hydrogen (secondary N) is 1. The highest BCUT2D eigenvalue weighted by molar-refractivity contribution is 8.00. The quantitative estimate of drug-likeness (QED) is 0.631. The van der Waals surface area contributed by atoms with Crippen LogP contribution in [-0.2, 0) is 9.59 Å². The van der Waals surface area contributed by atoms with E-state index in [0.29, 0.717) is 0 Å². The van der Waals surface area contributed by atoms with Gasteiger partial charge in [0.2, 0.25) is 11.9 Å². The molecule has 1 aromatic heterocycles. The molecule has 1 amide bonds. The first kappa shape index (κ1) is 13.4. The zero-order chi connectivity index (χ0) is 12.7. The smallest absolute Gasteiger partial charge is 0.321 e. The van der Waals surface area contributed by atoms with Crippen molar-refractivity contribution in [3.8, 4) is 0 Å². The average molecular weight is 256 g/mol. The van der Waals surface area contributed by atoms with Crippen molar-refractivity contribution >= 4 is 29.6 Å². The summed E-state index contributed by atoms with van der Waals surface area (Å²) in [6.07, 6.45) is 3.02. The molecule has 0 radical (unpaired) electrons. The Bertz CT molecular complexity index is 387. The molecule has 1 heterocycles. The standard InChI is InChI=1S/C9H12N4O3S/c10-6(8(15)16)4-17-5-7(14)13-9-11-2-1-3-12-9/h1-3,6H,4-5,10H2,(H,15,16)(H,11,12,13,14)/t6-/m1/s1. The first-order valence-corrected chi connectivity index (χ1v) is 5.88. The van der Waals surface area contributed by atoms with Crippen molar-refractivity contribution in [3.63, 3.8) is 0 Å². The first-order valence-electron chi connectivity index (χ1n) is 4.72. The Morgan fingerprint density at radius 1 is 1.47 bits per heavy atom. The molecule has 0 aromatic carbocycles. The number of nitrogens with two attached hydrogens (primary N) is 1. The number of anilines is 1. The molecule has 0 aliphatic rings. The Kier molecular flexibility index (Phi) is 5.37. The number of amides is 1. The number of hydrogen-bond acceptors (Lipinski definition) is 6. The van der Waals surface area contributed by atoms with Gasteiger partial charge in [0, 0.05) is 18.1 Å². The Hall–Kier alpha value is -1.67. The number of rotatable bonds is 6. The Labute approximate surface area is 102 Å². The molecule has 1 atom stereocenters. The van der Waals surface area contributed by atoms with Gasteiger partial charge in [-0.1, -0.05) is 0 Å². The Balaban J connectivity index is 2.25. The number of hydrogen-bond donors (Lipinski definition) is 3. The van der Waals surface area contributed by atoms with E-state index in [4.69, 9.17) is 10.8 Å². The normalized spacial score (nSPS) is 11.8. The molecule has 0 unspecified atom stereocenters. The van der Waals surface area contributed by atoms with E-state index < -0.39 is 12.0 Å². The summed E-state index contributed by atoms with van der Waals surface area (Å²) in [5.41, 5.74) is 5.28. The fourth-order valence-electron chi connectivity index (χ4n) is 0.874. The van der Waals surface area contributed by atoms with Crippen molar-refractivity contribution in [2.75, 3.05) is 16.8 Å². The van der Waals surface area contributed by atoms with Gasteiger partial charge in [0.25, 0.3) is 0 Å². The predicted molar refractivity (Wildman–Crippen MR) is 63.6 cm³/mol. The first-order chi connectivity index (χ1) is 8.09. The summed E-state index contributed by atoms with van der Waals surface area (Å²) in [5, 5.41) is 11.0. The summed E-state index contributed by atoms with van der Waals surface area (Å²) in [6, 6.07) is 0.678. The minimum absolute atomic E-state index is 0.110. The van der Waals surface area contributed by atoms with Crippen molar-refractivity contribution in [3.05, 3.63) is 18.5 Å². The molecule has 0 saturated heterocycles. The number of thioether (sulfide) groups is 1. The van der Waals surface area contributed by atoms with Crippen LogP contribution in [0.1, 0.15) is 0 Å². The second-order valence-corrected chi connectivity index (χ2v) is 4.11. The van der Waals surface area contributed by atoms with Gasteiger partial charge in [-0.3, -0.25) is 14.9 Å². The van der Waals surface area contributed by atoms with Crippen molar-refractivity contribution in [2.24, 2.45) is 5.73 Å². The largest absolute Gasteiger partial charge is 0.480 e. The van der Waals surface area contributed by atoms with E-state index in [0.717, 1.165) is 11.8 Å². The lowest BCUT2D eigenvalue weighted by atomic mass is 10.4. The minimum Gasteiger partial charge on any atom is -0.480 e. The van der Waals surface area contributed by atoms with Crippen LogP contribution < -0.4 is 11.1 Å². The van der Waals surface area contributed by atoms with Gasteiger partial charge >= 0.3 is 5.97 Å².